The summed E-state index contributed by atoms with van der Waals surface area (Å²) in [4.78, 5) is 4.68. The van der Waals surface area contributed by atoms with E-state index in [0.717, 1.165) is 30.1 Å². The van der Waals surface area contributed by atoms with Gasteiger partial charge in [0.15, 0.2) is 0 Å². The van der Waals surface area contributed by atoms with Gasteiger partial charge in [-0.3, -0.25) is 0 Å². The number of nitrogens with zero attached hydrogens (tertiary/aromatic N) is 1. The molecule has 0 atom stereocenters. The van der Waals surface area contributed by atoms with Crippen LogP contribution in [0.2, 0.25) is 0 Å². The number of amidine groups is 1. The van der Waals surface area contributed by atoms with Crippen molar-refractivity contribution in [1.29, 1.82) is 0 Å². The Morgan fingerprint density at radius 1 is 1.12 bits per heavy atom. The summed E-state index contributed by atoms with van der Waals surface area (Å²) in [6.07, 6.45) is 2.05. The Morgan fingerprint density at radius 3 is 2.65 bits per heavy atom. The third kappa shape index (κ3) is 1.23. The zero-order chi connectivity index (χ0) is 11.5. The topological polar surface area (TPSA) is 50.4 Å². The second-order valence-electron chi connectivity index (χ2n) is 4.92. The van der Waals surface area contributed by atoms with Gasteiger partial charge >= 0.3 is 0 Å². The molecule has 1 fully saturated rings. The predicted octanol–water partition coefficient (Wildman–Crippen LogP) is 2.79. The summed E-state index contributed by atoms with van der Waals surface area (Å²) in [6, 6.07) is 12.5. The molecular formula is C14H13N3. The van der Waals surface area contributed by atoms with E-state index < -0.39 is 0 Å². The van der Waals surface area contributed by atoms with E-state index in [4.69, 9.17) is 5.73 Å². The monoisotopic (exact) mass is 223 g/mol. The molecule has 1 saturated carbocycles. The van der Waals surface area contributed by atoms with Crippen LogP contribution < -0.4 is 11.1 Å². The van der Waals surface area contributed by atoms with Gasteiger partial charge in [-0.2, -0.15) is 0 Å². The highest BCUT2D eigenvalue weighted by Crippen LogP contribution is 2.41. The van der Waals surface area contributed by atoms with E-state index >= 15 is 0 Å². The molecule has 84 valence electrons. The van der Waals surface area contributed by atoms with Crippen molar-refractivity contribution in [3.8, 4) is 0 Å². The molecule has 3 nitrogen and oxygen atoms in total. The number of nitrogens with one attached hydrogen (secondary N) is 1. The van der Waals surface area contributed by atoms with Crippen molar-refractivity contribution in [2.75, 3.05) is 5.32 Å². The molecule has 17 heavy (non-hydrogen) atoms. The summed E-state index contributed by atoms with van der Waals surface area (Å²) >= 11 is 0. The maximum Gasteiger partial charge on any atom is 0.127 e. The van der Waals surface area contributed by atoms with Gasteiger partial charge < -0.3 is 11.1 Å². The van der Waals surface area contributed by atoms with Crippen LogP contribution in [0.3, 0.4) is 0 Å². The van der Waals surface area contributed by atoms with Crippen LogP contribution in [0.1, 0.15) is 12.8 Å². The van der Waals surface area contributed by atoms with Gasteiger partial charge in [0.2, 0.25) is 0 Å². The molecule has 3 heteroatoms. The fraction of sp³-hybridized carbons (Fsp3) is 0.214. The Labute approximate surface area is 99.3 Å². The molecule has 4 rings (SSSR count). The Morgan fingerprint density at radius 2 is 1.88 bits per heavy atom. The molecule has 1 aliphatic carbocycles. The van der Waals surface area contributed by atoms with Crippen molar-refractivity contribution in [3.05, 3.63) is 36.4 Å². The molecule has 0 unspecified atom stereocenters. The minimum atomic E-state index is -0.213. The third-order valence-corrected chi connectivity index (χ3v) is 3.63. The number of anilines is 1. The van der Waals surface area contributed by atoms with Crippen molar-refractivity contribution in [3.63, 3.8) is 0 Å². The number of rotatable bonds is 1. The summed E-state index contributed by atoms with van der Waals surface area (Å²) < 4.78 is 0. The normalized spacial score (nSPS) is 19.7. The highest BCUT2D eigenvalue weighted by atomic mass is 15.1. The van der Waals surface area contributed by atoms with E-state index in [0.29, 0.717) is 0 Å². The summed E-state index contributed by atoms with van der Waals surface area (Å²) in [7, 11) is 0. The number of aliphatic imine (C=N–C) groups is 1. The molecule has 0 saturated heterocycles. The molecule has 0 radical (unpaired) electrons. The van der Waals surface area contributed by atoms with Crippen molar-refractivity contribution < 1.29 is 0 Å². The number of hydrogen-bond donors (Lipinski definition) is 2. The van der Waals surface area contributed by atoms with Crippen molar-refractivity contribution in [2.45, 2.75) is 18.4 Å². The maximum absolute atomic E-state index is 6.21. The van der Waals surface area contributed by atoms with Gasteiger partial charge in [0.25, 0.3) is 0 Å². The van der Waals surface area contributed by atoms with Crippen LogP contribution in [0.4, 0.5) is 11.4 Å². The van der Waals surface area contributed by atoms with E-state index in [1.165, 1.54) is 10.8 Å². The second-order valence-corrected chi connectivity index (χ2v) is 4.92. The standard InChI is InChI=1S/C14H13N3/c15-14(7-8-14)13-16-10-5-1-3-9-4-2-6-11(17-13)12(9)10/h1-6H,7-8,15H2,(H,16,17). The largest absolute Gasteiger partial charge is 0.342 e. The molecule has 0 spiro atoms. The summed E-state index contributed by atoms with van der Waals surface area (Å²) in [5.74, 6) is 0.920. The lowest BCUT2D eigenvalue weighted by molar-refractivity contribution is 0.902. The van der Waals surface area contributed by atoms with E-state index in [-0.39, 0.29) is 5.54 Å². The van der Waals surface area contributed by atoms with Gasteiger partial charge in [0, 0.05) is 11.1 Å². The Balaban J connectivity index is 2.00. The summed E-state index contributed by atoms with van der Waals surface area (Å²) in [5.41, 5.74) is 8.16. The molecule has 0 aromatic heterocycles. The van der Waals surface area contributed by atoms with Gasteiger partial charge in [0.1, 0.15) is 5.84 Å². The molecule has 1 aliphatic heterocycles. The zero-order valence-corrected chi connectivity index (χ0v) is 9.40. The van der Waals surface area contributed by atoms with Gasteiger partial charge in [-0.15, -0.1) is 0 Å². The van der Waals surface area contributed by atoms with E-state index in [2.05, 4.69) is 40.6 Å². The molecule has 1 heterocycles. The molecule has 2 aromatic rings. The van der Waals surface area contributed by atoms with Gasteiger partial charge in [0.05, 0.1) is 11.2 Å². The number of nitrogens with two attached hydrogens (primary N) is 1. The number of benzene rings is 2. The number of hydrogen-bond acceptors (Lipinski definition) is 3. The highest BCUT2D eigenvalue weighted by Gasteiger charge is 2.44. The minimum absolute atomic E-state index is 0.213. The van der Waals surface area contributed by atoms with Gasteiger partial charge in [-0.1, -0.05) is 24.3 Å². The molecule has 3 N–H and O–H groups in total. The van der Waals surface area contributed by atoms with Gasteiger partial charge in [-0.25, -0.2) is 4.99 Å². The molecular weight excluding hydrogens is 210 g/mol. The van der Waals surface area contributed by atoms with Crippen LogP contribution >= 0.6 is 0 Å². The van der Waals surface area contributed by atoms with Crippen LogP contribution in [0, 0.1) is 0 Å². The van der Waals surface area contributed by atoms with E-state index in [9.17, 15) is 0 Å². The van der Waals surface area contributed by atoms with Crippen molar-refractivity contribution in [2.24, 2.45) is 10.7 Å². The lowest BCUT2D eigenvalue weighted by Gasteiger charge is -2.22. The Hall–Kier alpha value is -1.87. The average molecular weight is 223 g/mol. The van der Waals surface area contributed by atoms with Crippen LogP contribution in [-0.2, 0) is 0 Å². The lowest BCUT2D eigenvalue weighted by atomic mass is 10.0. The second kappa shape index (κ2) is 2.87. The fourth-order valence-corrected chi connectivity index (χ4v) is 2.40. The first-order chi connectivity index (χ1) is 8.26. The highest BCUT2D eigenvalue weighted by molar-refractivity contribution is 6.16. The molecule has 0 bridgehead atoms. The van der Waals surface area contributed by atoms with E-state index in [1.54, 1.807) is 0 Å². The molecule has 2 aromatic carbocycles. The first kappa shape index (κ1) is 9.19. The first-order valence-electron chi connectivity index (χ1n) is 5.93. The Kier molecular flexibility index (Phi) is 1.55. The van der Waals surface area contributed by atoms with Crippen LogP contribution in [0.15, 0.2) is 41.4 Å². The van der Waals surface area contributed by atoms with Crippen LogP contribution in [-0.4, -0.2) is 11.4 Å². The van der Waals surface area contributed by atoms with Crippen molar-refractivity contribution in [1.82, 2.24) is 0 Å². The smallest absolute Gasteiger partial charge is 0.127 e. The van der Waals surface area contributed by atoms with Crippen molar-refractivity contribution >= 4 is 28.0 Å². The SMILES string of the molecule is NC1(C2=Nc3cccc4cccc(c34)N2)CC1. The quantitative estimate of drug-likeness (QED) is 0.781. The summed E-state index contributed by atoms with van der Waals surface area (Å²) in [6.45, 7) is 0. The average Bonchev–Trinajstić information content (AvgIpc) is 3.09. The zero-order valence-electron chi connectivity index (χ0n) is 9.40. The lowest BCUT2D eigenvalue weighted by Crippen LogP contribution is -2.38. The maximum atomic E-state index is 6.21. The first-order valence-corrected chi connectivity index (χ1v) is 5.93. The Bertz CT molecular complexity index is 648. The third-order valence-electron chi connectivity index (χ3n) is 3.63. The van der Waals surface area contributed by atoms with Gasteiger partial charge in [-0.05, 0) is 30.4 Å². The predicted molar refractivity (Wildman–Crippen MR) is 70.8 cm³/mol. The summed E-state index contributed by atoms with van der Waals surface area (Å²) in [5, 5.41) is 5.81. The fourth-order valence-electron chi connectivity index (χ4n) is 2.40. The molecule has 0 amide bonds. The van der Waals surface area contributed by atoms with Crippen LogP contribution in [0.5, 0.6) is 0 Å². The molecule has 2 aliphatic rings. The minimum Gasteiger partial charge on any atom is -0.342 e. The van der Waals surface area contributed by atoms with E-state index in [1.807, 2.05) is 6.07 Å². The van der Waals surface area contributed by atoms with Crippen LogP contribution in [0.25, 0.3) is 10.8 Å².